The highest BCUT2D eigenvalue weighted by Gasteiger charge is 2.20. The van der Waals surface area contributed by atoms with Crippen LogP contribution in [0.4, 0.5) is 0 Å². The molecule has 0 aromatic carbocycles. The molecule has 0 spiro atoms. The van der Waals surface area contributed by atoms with Crippen molar-refractivity contribution in [2.24, 2.45) is 0 Å². The molecular formula is C56H111NO5. The molecule has 0 aliphatic heterocycles. The predicted molar refractivity (Wildman–Crippen MR) is 269 cm³/mol. The number of nitrogens with one attached hydrogen (secondary N) is 1. The zero-order valence-corrected chi connectivity index (χ0v) is 42.1. The number of carbonyl (C=O) groups excluding carboxylic acids is 2. The molecule has 0 heterocycles. The van der Waals surface area contributed by atoms with Gasteiger partial charge in [0.25, 0.3) is 0 Å². The lowest BCUT2D eigenvalue weighted by Crippen LogP contribution is -2.45. The lowest BCUT2D eigenvalue weighted by molar-refractivity contribution is -0.143. The van der Waals surface area contributed by atoms with Gasteiger partial charge in [-0.2, -0.15) is 0 Å². The molecule has 0 rings (SSSR count). The first kappa shape index (κ1) is 60.9. The molecule has 0 aliphatic carbocycles. The van der Waals surface area contributed by atoms with E-state index in [2.05, 4.69) is 19.2 Å². The van der Waals surface area contributed by atoms with E-state index in [1.54, 1.807) is 0 Å². The number of hydrogen-bond acceptors (Lipinski definition) is 5. The zero-order valence-electron chi connectivity index (χ0n) is 42.1. The molecule has 2 atom stereocenters. The van der Waals surface area contributed by atoms with E-state index < -0.39 is 12.1 Å². The van der Waals surface area contributed by atoms with Gasteiger partial charge in [-0.3, -0.25) is 9.59 Å². The quantitative estimate of drug-likeness (QED) is 0.0418. The third-order valence-corrected chi connectivity index (χ3v) is 13.4. The van der Waals surface area contributed by atoms with E-state index >= 15 is 0 Å². The molecule has 0 saturated carbocycles. The number of carbonyl (C=O) groups is 2. The van der Waals surface area contributed by atoms with E-state index in [0.29, 0.717) is 25.9 Å². The standard InChI is InChI=1S/C56H111NO5/c1-3-5-7-9-11-13-15-17-19-20-21-22-23-24-25-26-27-29-32-36-40-44-48-54(59)53(52-58)57-55(60)49-45-41-37-33-31-35-39-43-47-51-62-56(61)50-46-42-38-34-30-28-18-16-14-12-10-8-6-4-2/h53-54,58-59H,3-52H2,1-2H3,(H,57,60). The van der Waals surface area contributed by atoms with Gasteiger partial charge in [0.1, 0.15) is 0 Å². The smallest absolute Gasteiger partial charge is 0.305 e. The Balaban J connectivity index is 3.46. The van der Waals surface area contributed by atoms with E-state index in [9.17, 15) is 19.8 Å². The number of esters is 1. The molecule has 0 aliphatic rings. The molecule has 1 amide bonds. The highest BCUT2D eigenvalue weighted by atomic mass is 16.5. The fourth-order valence-corrected chi connectivity index (χ4v) is 9.05. The second-order valence-corrected chi connectivity index (χ2v) is 19.6. The highest BCUT2D eigenvalue weighted by molar-refractivity contribution is 5.76. The molecule has 62 heavy (non-hydrogen) atoms. The lowest BCUT2D eigenvalue weighted by atomic mass is 10.0. The maximum Gasteiger partial charge on any atom is 0.305 e. The van der Waals surface area contributed by atoms with Gasteiger partial charge in [-0.1, -0.05) is 284 Å². The summed E-state index contributed by atoms with van der Waals surface area (Å²) in [4.78, 5) is 24.5. The SMILES string of the molecule is CCCCCCCCCCCCCCCCCCCCCCCCC(O)C(CO)NC(=O)CCCCCCCCCCCOC(=O)CCCCCCCCCCCCCCCC. The van der Waals surface area contributed by atoms with Crippen molar-refractivity contribution < 1.29 is 24.5 Å². The van der Waals surface area contributed by atoms with Crippen LogP contribution < -0.4 is 5.32 Å². The van der Waals surface area contributed by atoms with Gasteiger partial charge in [0.2, 0.25) is 5.91 Å². The number of hydrogen-bond donors (Lipinski definition) is 3. The van der Waals surface area contributed by atoms with E-state index in [1.807, 2.05) is 0 Å². The van der Waals surface area contributed by atoms with Crippen LogP contribution in [0.1, 0.15) is 322 Å². The normalized spacial score (nSPS) is 12.5. The predicted octanol–water partition coefficient (Wildman–Crippen LogP) is 17.1. The Morgan fingerprint density at radius 2 is 0.661 bits per heavy atom. The Labute approximate surface area is 387 Å². The Hall–Kier alpha value is -1.14. The van der Waals surface area contributed by atoms with E-state index in [-0.39, 0.29) is 18.5 Å². The minimum Gasteiger partial charge on any atom is -0.466 e. The molecule has 0 aromatic rings. The van der Waals surface area contributed by atoms with Crippen molar-refractivity contribution in [1.29, 1.82) is 0 Å². The second-order valence-electron chi connectivity index (χ2n) is 19.6. The van der Waals surface area contributed by atoms with Gasteiger partial charge in [0, 0.05) is 12.8 Å². The molecule has 0 aromatic heterocycles. The monoisotopic (exact) mass is 878 g/mol. The maximum atomic E-state index is 12.5. The Kier molecular flexibility index (Phi) is 51.5. The number of unbranched alkanes of at least 4 members (excludes halogenated alkanes) is 42. The topological polar surface area (TPSA) is 95.9 Å². The minimum atomic E-state index is -0.681. The van der Waals surface area contributed by atoms with E-state index in [0.717, 1.165) is 57.8 Å². The van der Waals surface area contributed by atoms with Crippen molar-refractivity contribution in [3.8, 4) is 0 Å². The van der Waals surface area contributed by atoms with Crippen molar-refractivity contribution >= 4 is 11.9 Å². The molecule has 3 N–H and O–H groups in total. The minimum absolute atomic E-state index is 0.0212. The van der Waals surface area contributed by atoms with E-state index in [4.69, 9.17) is 4.74 Å². The molecule has 370 valence electrons. The largest absolute Gasteiger partial charge is 0.466 e. The van der Waals surface area contributed by atoms with Crippen LogP contribution >= 0.6 is 0 Å². The lowest BCUT2D eigenvalue weighted by Gasteiger charge is -2.22. The van der Waals surface area contributed by atoms with Crippen LogP contribution in [-0.2, 0) is 14.3 Å². The molecule has 2 unspecified atom stereocenters. The summed E-state index contributed by atoms with van der Waals surface area (Å²) in [5.74, 6) is -0.0791. The van der Waals surface area contributed by atoms with Gasteiger partial charge < -0.3 is 20.3 Å². The van der Waals surface area contributed by atoms with Gasteiger partial charge in [0.15, 0.2) is 0 Å². The first-order valence-electron chi connectivity index (χ1n) is 28.3. The average molecular weight is 879 g/mol. The number of amides is 1. The average Bonchev–Trinajstić information content (AvgIpc) is 3.27. The summed E-state index contributed by atoms with van der Waals surface area (Å²) in [6, 6.07) is -0.560. The maximum absolute atomic E-state index is 12.5. The zero-order chi connectivity index (χ0) is 45.1. The molecule has 0 radical (unpaired) electrons. The summed E-state index contributed by atoms with van der Waals surface area (Å²) in [6.45, 7) is 4.92. The van der Waals surface area contributed by atoms with Crippen molar-refractivity contribution in [2.45, 2.75) is 334 Å². The van der Waals surface area contributed by atoms with Crippen LogP contribution in [0.3, 0.4) is 0 Å². The van der Waals surface area contributed by atoms with Crippen LogP contribution in [-0.4, -0.2) is 47.4 Å². The van der Waals surface area contributed by atoms with Crippen LogP contribution in [0.25, 0.3) is 0 Å². The second kappa shape index (κ2) is 52.5. The van der Waals surface area contributed by atoms with Crippen LogP contribution in [0, 0.1) is 0 Å². The molecule has 6 heteroatoms. The number of aliphatic hydroxyl groups excluding tert-OH is 2. The first-order chi connectivity index (χ1) is 30.5. The van der Waals surface area contributed by atoms with Crippen LogP contribution in [0.15, 0.2) is 0 Å². The molecule has 0 fully saturated rings. The number of ether oxygens (including phenoxy) is 1. The summed E-state index contributed by atoms with van der Waals surface area (Å²) in [7, 11) is 0. The van der Waals surface area contributed by atoms with Crippen molar-refractivity contribution in [3.05, 3.63) is 0 Å². The van der Waals surface area contributed by atoms with Gasteiger partial charge in [0.05, 0.1) is 25.4 Å². The Bertz CT molecular complexity index is 882. The number of rotatable bonds is 53. The van der Waals surface area contributed by atoms with Crippen molar-refractivity contribution in [3.63, 3.8) is 0 Å². The summed E-state index contributed by atoms with van der Waals surface area (Å²) < 4.78 is 5.46. The summed E-state index contributed by atoms with van der Waals surface area (Å²) in [5, 5.41) is 23.3. The van der Waals surface area contributed by atoms with Crippen LogP contribution in [0.2, 0.25) is 0 Å². The molecule has 0 bridgehead atoms. The fourth-order valence-electron chi connectivity index (χ4n) is 9.05. The molecule has 0 saturated heterocycles. The summed E-state index contributed by atoms with van der Waals surface area (Å²) in [6.07, 6.45) is 59.4. The van der Waals surface area contributed by atoms with Crippen molar-refractivity contribution in [2.75, 3.05) is 13.2 Å². The first-order valence-corrected chi connectivity index (χ1v) is 28.3. The Morgan fingerprint density at radius 3 is 0.984 bits per heavy atom. The van der Waals surface area contributed by atoms with Crippen LogP contribution in [0.5, 0.6) is 0 Å². The summed E-state index contributed by atoms with van der Waals surface area (Å²) in [5.41, 5.74) is 0. The van der Waals surface area contributed by atoms with Crippen molar-refractivity contribution in [1.82, 2.24) is 5.32 Å². The van der Waals surface area contributed by atoms with Gasteiger partial charge >= 0.3 is 5.97 Å². The van der Waals surface area contributed by atoms with Gasteiger partial charge in [-0.15, -0.1) is 0 Å². The van der Waals surface area contributed by atoms with E-state index in [1.165, 1.54) is 231 Å². The molecule has 6 nitrogen and oxygen atoms in total. The fraction of sp³-hybridized carbons (Fsp3) is 0.964. The summed E-state index contributed by atoms with van der Waals surface area (Å²) >= 11 is 0. The highest BCUT2D eigenvalue weighted by Crippen LogP contribution is 2.18. The van der Waals surface area contributed by atoms with Gasteiger partial charge in [-0.05, 0) is 25.7 Å². The third kappa shape index (κ3) is 48.3. The third-order valence-electron chi connectivity index (χ3n) is 13.4. The number of aliphatic hydroxyl groups is 2. The Morgan fingerprint density at radius 1 is 0.387 bits per heavy atom. The molecular weight excluding hydrogens is 767 g/mol. The van der Waals surface area contributed by atoms with Gasteiger partial charge in [-0.25, -0.2) is 0 Å².